The van der Waals surface area contributed by atoms with Crippen molar-refractivity contribution in [1.29, 1.82) is 0 Å². The number of hydrogen-bond donors (Lipinski definition) is 2. The van der Waals surface area contributed by atoms with Crippen molar-refractivity contribution >= 4 is 44.5 Å². The number of thiazole rings is 1. The molecular weight excluding hydrogens is 416 g/mol. The molecule has 0 bridgehead atoms. The van der Waals surface area contributed by atoms with E-state index < -0.39 is 0 Å². The highest BCUT2D eigenvalue weighted by atomic mass is 32.1. The van der Waals surface area contributed by atoms with Gasteiger partial charge in [0, 0.05) is 31.6 Å². The highest BCUT2D eigenvalue weighted by molar-refractivity contribution is 7.22. The van der Waals surface area contributed by atoms with Gasteiger partial charge in [-0.1, -0.05) is 29.9 Å². The monoisotopic (exact) mass is 440 g/mol. The molecule has 31 heavy (non-hydrogen) atoms. The highest BCUT2D eigenvalue weighted by Crippen LogP contribution is 2.46. The number of rotatable bonds is 5. The molecule has 1 aliphatic carbocycles. The second-order valence-electron chi connectivity index (χ2n) is 8.41. The van der Waals surface area contributed by atoms with Gasteiger partial charge in [0.2, 0.25) is 11.7 Å². The molecule has 3 N–H and O–H groups in total. The largest absolute Gasteiger partial charge is 0.418 e. The van der Waals surface area contributed by atoms with Gasteiger partial charge in [0.05, 0.1) is 23.0 Å². The lowest BCUT2D eigenvalue weighted by Gasteiger charge is -2.51. The van der Waals surface area contributed by atoms with Crippen LogP contribution in [0.25, 0.3) is 10.2 Å². The molecule has 3 heterocycles. The first-order valence-corrected chi connectivity index (χ1v) is 11.1. The van der Waals surface area contributed by atoms with Crippen LogP contribution in [0.5, 0.6) is 0 Å². The van der Waals surface area contributed by atoms with Crippen molar-refractivity contribution in [1.82, 2.24) is 20.2 Å². The first-order valence-electron chi connectivity index (χ1n) is 10.3. The summed E-state index contributed by atoms with van der Waals surface area (Å²) in [6.07, 6.45) is 4.24. The molecule has 10 heteroatoms. The number of likely N-dealkylation sites (N-methyl/N-ethyl adjacent to an activating group) is 1. The Morgan fingerprint density at radius 3 is 2.94 bits per heavy atom. The van der Waals surface area contributed by atoms with E-state index in [1.807, 2.05) is 41.1 Å². The lowest BCUT2D eigenvalue weighted by molar-refractivity contribution is -0.142. The van der Waals surface area contributed by atoms with Crippen molar-refractivity contribution in [3.05, 3.63) is 36.2 Å². The van der Waals surface area contributed by atoms with Crippen molar-refractivity contribution in [2.24, 2.45) is 5.41 Å². The summed E-state index contributed by atoms with van der Waals surface area (Å²) in [6, 6.07) is 7.95. The van der Waals surface area contributed by atoms with Crippen molar-refractivity contribution in [3.8, 4) is 0 Å². The van der Waals surface area contributed by atoms with Gasteiger partial charge in [-0.3, -0.25) is 9.59 Å². The Labute approximate surface area is 183 Å². The first kappa shape index (κ1) is 19.8. The Balaban J connectivity index is 1.18. The topological polar surface area (TPSA) is 118 Å². The molecule has 1 saturated carbocycles. The Hall–Kier alpha value is -3.14. The van der Waals surface area contributed by atoms with Crippen molar-refractivity contribution in [3.63, 3.8) is 0 Å². The average Bonchev–Trinajstić information content (AvgIpc) is 3.44. The van der Waals surface area contributed by atoms with E-state index in [0.717, 1.165) is 34.6 Å². The number of para-hydroxylation sites is 1. The summed E-state index contributed by atoms with van der Waals surface area (Å²) in [5.41, 5.74) is 6.34. The summed E-state index contributed by atoms with van der Waals surface area (Å²) in [5.74, 6) is -0.118. The number of carbonyl (C=O) groups excluding carboxylic acids is 2. The molecule has 0 radical (unpaired) electrons. The van der Waals surface area contributed by atoms with Crippen molar-refractivity contribution in [2.75, 3.05) is 37.3 Å². The second kappa shape index (κ2) is 7.52. The van der Waals surface area contributed by atoms with E-state index >= 15 is 0 Å². The van der Waals surface area contributed by atoms with Crippen LogP contribution in [0.4, 0.5) is 11.1 Å². The van der Waals surface area contributed by atoms with Crippen molar-refractivity contribution < 1.29 is 14.0 Å². The van der Waals surface area contributed by atoms with Crippen LogP contribution in [-0.4, -0.2) is 59.4 Å². The van der Waals surface area contributed by atoms with Gasteiger partial charge in [0.1, 0.15) is 0 Å². The molecule has 1 aliphatic heterocycles. The molecule has 1 unspecified atom stereocenters. The van der Waals surface area contributed by atoms with E-state index in [2.05, 4.69) is 15.3 Å². The van der Waals surface area contributed by atoms with Gasteiger partial charge >= 0.3 is 0 Å². The minimum Gasteiger partial charge on any atom is -0.418 e. The van der Waals surface area contributed by atoms with E-state index in [1.165, 1.54) is 6.20 Å². The molecule has 9 nitrogen and oxygen atoms in total. The number of nitrogen functional groups attached to an aromatic ring is 1. The summed E-state index contributed by atoms with van der Waals surface area (Å²) < 4.78 is 6.23. The van der Waals surface area contributed by atoms with Crippen LogP contribution in [0.15, 0.2) is 34.9 Å². The first-order chi connectivity index (χ1) is 14.9. The van der Waals surface area contributed by atoms with Gasteiger partial charge in [0.25, 0.3) is 11.9 Å². The van der Waals surface area contributed by atoms with Crippen LogP contribution < -0.4 is 16.0 Å². The number of oxazole rings is 1. The van der Waals surface area contributed by atoms with Gasteiger partial charge in [-0.2, -0.15) is 0 Å². The molecule has 162 valence electrons. The molecule has 1 spiro atoms. The third-order valence-electron chi connectivity index (χ3n) is 6.31. The fourth-order valence-electron chi connectivity index (χ4n) is 4.65. The van der Waals surface area contributed by atoms with Crippen LogP contribution in [0.1, 0.15) is 29.8 Å². The molecule has 5 rings (SSSR count). The van der Waals surface area contributed by atoms with Crippen LogP contribution in [0, 0.1) is 5.41 Å². The van der Waals surface area contributed by atoms with E-state index in [4.69, 9.17) is 10.2 Å². The average molecular weight is 441 g/mol. The van der Waals surface area contributed by atoms with Crippen molar-refractivity contribution in [2.45, 2.75) is 25.3 Å². The number of fused-ring (bicyclic) bond motifs is 1. The SMILES string of the molecule is CN(CC(=O)N1CC2(CCCC2NC(=O)c2cnc(N)o2)C1)c1nc2ccccc2s1. The molecule has 2 amide bonds. The lowest BCUT2D eigenvalue weighted by atomic mass is 9.75. The fourth-order valence-corrected chi connectivity index (χ4v) is 5.57. The number of likely N-dealkylation sites (tertiary alicyclic amines) is 1. The van der Waals surface area contributed by atoms with Gasteiger partial charge in [-0.25, -0.2) is 9.97 Å². The Morgan fingerprint density at radius 2 is 2.19 bits per heavy atom. The quantitative estimate of drug-likeness (QED) is 0.624. The van der Waals surface area contributed by atoms with E-state index in [0.29, 0.717) is 13.1 Å². The summed E-state index contributed by atoms with van der Waals surface area (Å²) in [5, 5.41) is 3.89. The molecule has 1 saturated heterocycles. The minimum atomic E-state index is -0.309. The molecule has 2 aliphatic rings. The highest BCUT2D eigenvalue weighted by Gasteiger charge is 2.53. The molecule has 1 atom stereocenters. The maximum atomic E-state index is 12.9. The van der Waals surface area contributed by atoms with Crippen LogP contribution in [0.2, 0.25) is 0 Å². The number of nitrogens with one attached hydrogen (secondary N) is 1. The lowest BCUT2D eigenvalue weighted by Crippen LogP contribution is -2.65. The molecule has 3 aromatic rings. The number of amides is 2. The minimum absolute atomic E-state index is 0.0114. The van der Waals surface area contributed by atoms with E-state index in [1.54, 1.807) is 11.3 Å². The predicted molar refractivity (Wildman–Crippen MR) is 118 cm³/mol. The molecule has 1 aromatic carbocycles. The van der Waals surface area contributed by atoms with Gasteiger partial charge in [0.15, 0.2) is 5.13 Å². The van der Waals surface area contributed by atoms with Crippen LogP contribution in [0.3, 0.4) is 0 Å². The van der Waals surface area contributed by atoms with E-state index in [9.17, 15) is 9.59 Å². The summed E-state index contributed by atoms with van der Waals surface area (Å²) in [7, 11) is 1.90. The number of anilines is 2. The molecule has 2 aromatic heterocycles. The summed E-state index contributed by atoms with van der Waals surface area (Å²) in [6.45, 7) is 1.59. The second-order valence-corrected chi connectivity index (χ2v) is 9.42. The zero-order valence-corrected chi connectivity index (χ0v) is 18.0. The van der Waals surface area contributed by atoms with Gasteiger partial charge < -0.3 is 25.3 Å². The molecule has 2 fully saturated rings. The van der Waals surface area contributed by atoms with Gasteiger partial charge in [-0.05, 0) is 25.0 Å². The maximum Gasteiger partial charge on any atom is 0.292 e. The zero-order valence-electron chi connectivity index (χ0n) is 17.2. The smallest absolute Gasteiger partial charge is 0.292 e. The zero-order chi connectivity index (χ0) is 21.6. The third-order valence-corrected chi connectivity index (χ3v) is 7.46. The third kappa shape index (κ3) is 3.60. The Bertz CT molecular complexity index is 1100. The maximum absolute atomic E-state index is 12.9. The number of aromatic nitrogens is 2. The fraction of sp³-hybridized carbons (Fsp3) is 0.429. The number of nitrogens with two attached hydrogens (primary N) is 1. The number of carbonyl (C=O) groups is 2. The number of hydrogen-bond acceptors (Lipinski definition) is 8. The number of benzene rings is 1. The number of nitrogens with zero attached hydrogens (tertiary/aromatic N) is 4. The normalized spacial score (nSPS) is 19.5. The summed E-state index contributed by atoms with van der Waals surface area (Å²) in [4.78, 5) is 37.5. The van der Waals surface area contributed by atoms with E-state index in [-0.39, 0.29) is 41.6 Å². The van der Waals surface area contributed by atoms with Crippen LogP contribution >= 0.6 is 11.3 Å². The standard InChI is InChI=1S/C21H24N6O3S/c1-26(20-24-13-5-2-3-6-15(13)31-20)10-17(28)27-11-21(12-27)8-4-7-16(21)25-18(29)14-9-23-19(22)30-14/h2-3,5-6,9,16H,4,7-8,10-12H2,1H3,(H2,22,23)(H,25,29). The van der Waals surface area contributed by atoms with Crippen LogP contribution in [-0.2, 0) is 4.79 Å². The summed E-state index contributed by atoms with van der Waals surface area (Å²) >= 11 is 1.58. The molecular formula is C21H24N6O3S. The predicted octanol–water partition coefficient (Wildman–Crippen LogP) is 2.11. The Morgan fingerprint density at radius 1 is 1.39 bits per heavy atom. The Kier molecular flexibility index (Phi) is 4.81. The van der Waals surface area contributed by atoms with Gasteiger partial charge in [-0.15, -0.1) is 0 Å².